The van der Waals surface area contributed by atoms with E-state index < -0.39 is 5.97 Å². The first-order valence-corrected chi connectivity index (χ1v) is 7.84. The minimum absolute atomic E-state index is 0.311. The number of carbonyl (C=O) groups excluding carboxylic acids is 2. The average molecular weight is 351 g/mol. The average Bonchev–Trinajstić information content (AvgIpc) is 3.08. The van der Waals surface area contributed by atoms with Crippen LogP contribution >= 0.6 is 0 Å². The molecule has 1 aromatic heterocycles. The van der Waals surface area contributed by atoms with E-state index in [1.165, 1.54) is 13.2 Å². The zero-order valence-corrected chi connectivity index (χ0v) is 14.3. The zero-order chi connectivity index (χ0) is 18.5. The summed E-state index contributed by atoms with van der Waals surface area (Å²) in [6.45, 7) is 0. The summed E-state index contributed by atoms with van der Waals surface area (Å²) in [6, 6.07) is 13.7. The number of amides is 1. The van der Waals surface area contributed by atoms with Crippen molar-refractivity contribution in [2.24, 2.45) is 0 Å². The Morgan fingerprint density at radius 2 is 1.81 bits per heavy atom. The van der Waals surface area contributed by atoms with Crippen molar-refractivity contribution in [3.63, 3.8) is 0 Å². The van der Waals surface area contributed by atoms with Crippen LogP contribution in [-0.2, 0) is 9.53 Å². The first kappa shape index (κ1) is 17.3. The van der Waals surface area contributed by atoms with Gasteiger partial charge in [0.1, 0.15) is 17.1 Å². The van der Waals surface area contributed by atoms with Gasteiger partial charge >= 0.3 is 5.97 Å². The number of hydrogen-bond donors (Lipinski definition) is 1. The molecule has 1 heterocycles. The molecule has 0 spiro atoms. The van der Waals surface area contributed by atoms with Crippen LogP contribution in [0.1, 0.15) is 16.1 Å². The van der Waals surface area contributed by atoms with Gasteiger partial charge in [-0.1, -0.05) is 0 Å². The topological polar surface area (TPSA) is 77.8 Å². The molecule has 6 nitrogen and oxygen atoms in total. The van der Waals surface area contributed by atoms with E-state index in [4.69, 9.17) is 9.15 Å². The van der Waals surface area contributed by atoms with Crippen LogP contribution < -0.4 is 10.1 Å². The van der Waals surface area contributed by atoms with Crippen molar-refractivity contribution < 1.29 is 23.5 Å². The van der Waals surface area contributed by atoms with E-state index in [2.05, 4.69) is 10.1 Å². The van der Waals surface area contributed by atoms with Crippen molar-refractivity contribution in [1.29, 1.82) is 0 Å². The Labute approximate surface area is 150 Å². The molecule has 6 heteroatoms. The molecule has 26 heavy (non-hydrogen) atoms. The molecule has 0 bridgehead atoms. The van der Waals surface area contributed by atoms with Gasteiger partial charge in [0.05, 0.1) is 19.8 Å². The lowest BCUT2D eigenvalue weighted by Crippen LogP contribution is -2.08. The number of nitrogens with one attached hydrogen (secondary N) is 1. The second kappa shape index (κ2) is 7.57. The van der Waals surface area contributed by atoms with Crippen molar-refractivity contribution in [3.05, 3.63) is 65.9 Å². The Morgan fingerprint density at radius 1 is 1.04 bits per heavy atom. The van der Waals surface area contributed by atoms with Gasteiger partial charge in [0.15, 0.2) is 0 Å². The highest BCUT2D eigenvalue weighted by Gasteiger charge is 2.06. The summed E-state index contributed by atoms with van der Waals surface area (Å²) in [7, 11) is 2.92. The van der Waals surface area contributed by atoms with Crippen LogP contribution in [0.3, 0.4) is 0 Å². The van der Waals surface area contributed by atoms with Gasteiger partial charge < -0.3 is 19.2 Å². The molecule has 0 radical (unpaired) electrons. The number of fused-ring (bicyclic) bond motifs is 1. The highest BCUT2D eigenvalue weighted by Crippen LogP contribution is 2.24. The van der Waals surface area contributed by atoms with Crippen LogP contribution in [-0.4, -0.2) is 26.1 Å². The van der Waals surface area contributed by atoms with Crippen LogP contribution in [0.15, 0.2) is 59.0 Å². The largest absolute Gasteiger partial charge is 0.497 e. The van der Waals surface area contributed by atoms with Crippen molar-refractivity contribution in [1.82, 2.24) is 0 Å². The monoisotopic (exact) mass is 351 g/mol. The summed E-state index contributed by atoms with van der Waals surface area (Å²) >= 11 is 0. The number of hydrogen-bond acceptors (Lipinski definition) is 5. The number of rotatable bonds is 5. The summed E-state index contributed by atoms with van der Waals surface area (Å²) in [5.41, 5.74) is 1.70. The van der Waals surface area contributed by atoms with Gasteiger partial charge in [-0.2, -0.15) is 0 Å². The second-order valence-electron chi connectivity index (χ2n) is 5.44. The highest BCUT2D eigenvalue weighted by molar-refractivity contribution is 6.02. The van der Waals surface area contributed by atoms with Gasteiger partial charge in [-0.05, 0) is 54.6 Å². The molecule has 3 rings (SSSR count). The maximum absolute atomic E-state index is 12.0. The van der Waals surface area contributed by atoms with Crippen molar-refractivity contribution >= 4 is 34.6 Å². The minimum Gasteiger partial charge on any atom is -0.497 e. The van der Waals surface area contributed by atoms with E-state index in [0.717, 1.165) is 11.1 Å². The van der Waals surface area contributed by atoms with Crippen LogP contribution in [0.5, 0.6) is 5.75 Å². The molecule has 0 aliphatic carbocycles. The standard InChI is InChI=1S/C20H17NO5/c1-24-16-7-9-18-14(11-16)12-17(26-18)8-10-19(22)21-15-5-3-13(4-6-15)20(23)25-2/h3-12H,1-2H3,(H,21,22)/b10-8+. The predicted molar refractivity (Wildman–Crippen MR) is 98.2 cm³/mol. The number of methoxy groups -OCH3 is 2. The molecule has 3 aromatic rings. The molecule has 1 N–H and O–H groups in total. The SMILES string of the molecule is COC(=O)c1ccc(NC(=O)/C=C/c2cc3cc(OC)ccc3o2)cc1. The molecule has 0 aliphatic rings. The van der Waals surface area contributed by atoms with Crippen molar-refractivity contribution in [3.8, 4) is 5.75 Å². The quantitative estimate of drug-likeness (QED) is 0.557. The lowest BCUT2D eigenvalue weighted by molar-refractivity contribution is -0.111. The van der Waals surface area contributed by atoms with E-state index in [1.807, 2.05) is 24.3 Å². The van der Waals surface area contributed by atoms with Gasteiger partial charge in [-0.3, -0.25) is 4.79 Å². The smallest absolute Gasteiger partial charge is 0.337 e. The predicted octanol–water partition coefficient (Wildman–Crippen LogP) is 3.88. The number of furan rings is 1. The molecule has 132 valence electrons. The third kappa shape index (κ3) is 3.92. The van der Waals surface area contributed by atoms with Crippen LogP contribution in [0.25, 0.3) is 17.0 Å². The Hall–Kier alpha value is -3.54. The Balaban J connectivity index is 1.66. The van der Waals surface area contributed by atoms with Crippen molar-refractivity contribution in [2.75, 3.05) is 19.5 Å². The number of esters is 1. The Kier molecular flexibility index (Phi) is 5.03. The van der Waals surface area contributed by atoms with E-state index in [1.54, 1.807) is 37.5 Å². The summed E-state index contributed by atoms with van der Waals surface area (Å²) in [4.78, 5) is 23.4. The van der Waals surface area contributed by atoms with Crippen LogP contribution in [0.4, 0.5) is 5.69 Å². The lowest BCUT2D eigenvalue weighted by Gasteiger charge is -2.03. The van der Waals surface area contributed by atoms with Crippen LogP contribution in [0, 0.1) is 0 Å². The van der Waals surface area contributed by atoms with Crippen molar-refractivity contribution in [2.45, 2.75) is 0 Å². The molecule has 2 aromatic carbocycles. The first-order chi connectivity index (χ1) is 12.6. The summed E-state index contributed by atoms with van der Waals surface area (Å²) < 4.78 is 15.5. The number of anilines is 1. The second-order valence-corrected chi connectivity index (χ2v) is 5.44. The zero-order valence-electron chi connectivity index (χ0n) is 14.3. The third-order valence-electron chi connectivity index (χ3n) is 3.72. The van der Waals surface area contributed by atoms with Gasteiger partial charge in [-0.25, -0.2) is 4.79 Å². The van der Waals surface area contributed by atoms with Crippen LogP contribution in [0.2, 0.25) is 0 Å². The fraction of sp³-hybridized carbons (Fsp3) is 0.100. The molecule has 0 unspecified atom stereocenters. The van der Waals surface area contributed by atoms with E-state index in [-0.39, 0.29) is 5.91 Å². The maximum Gasteiger partial charge on any atom is 0.337 e. The molecular weight excluding hydrogens is 334 g/mol. The third-order valence-corrected chi connectivity index (χ3v) is 3.72. The lowest BCUT2D eigenvalue weighted by atomic mass is 10.2. The summed E-state index contributed by atoms with van der Waals surface area (Å²) in [6.07, 6.45) is 2.97. The number of carbonyl (C=O) groups is 2. The Bertz CT molecular complexity index is 970. The minimum atomic E-state index is -0.427. The molecule has 0 saturated carbocycles. The summed E-state index contributed by atoms with van der Waals surface area (Å²) in [5, 5.41) is 3.60. The molecule has 0 saturated heterocycles. The first-order valence-electron chi connectivity index (χ1n) is 7.84. The Morgan fingerprint density at radius 3 is 2.50 bits per heavy atom. The normalized spacial score (nSPS) is 10.8. The molecule has 0 atom stereocenters. The maximum atomic E-state index is 12.0. The summed E-state index contributed by atoms with van der Waals surface area (Å²) in [5.74, 6) is 0.560. The molecule has 1 amide bonds. The molecule has 0 aliphatic heterocycles. The van der Waals surface area contributed by atoms with Gasteiger partial charge in [0, 0.05) is 17.1 Å². The van der Waals surface area contributed by atoms with E-state index in [9.17, 15) is 9.59 Å². The molecular formula is C20H17NO5. The van der Waals surface area contributed by atoms with E-state index in [0.29, 0.717) is 22.6 Å². The number of ether oxygens (including phenoxy) is 2. The van der Waals surface area contributed by atoms with Gasteiger partial charge in [0.25, 0.3) is 0 Å². The van der Waals surface area contributed by atoms with Gasteiger partial charge in [-0.15, -0.1) is 0 Å². The number of benzene rings is 2. The molecule has 0 fully saturated rings. The highest BCUT2D eigenvalue weighted by atomic mass is 16.5. The van der Waals surface area contributed by atoms with E-state index >= 15 is 0 Å². The fourth-order valence-corrected chi connectivity index (χ4v) is 2.40. The van der Waals surface area contributed by atoms with Gasteiger partial charge in [0.2, 0.25) is 5.91 Å². The fourth-order valence-electron chi connectivity index (χ4n) is 2.40.